The van der Waals surface area contributed by atoms with Crippen molar-refractivity contribution in [2.75, 3.05) is 0 Å². The van der Waals surface area contributed by atoms with Crippen LogP contribution in [0.5, 0.6) is 11.5 Å². The quantitative estimate of drug-likeness (QED) is 0.479. The van der Waals surface area contributed by atoms with Crippen molar-refractivity contribution < 1.29 is 9.53 Å². The van der Waals surface area contributed by atoms with Gasteiger partial charge in [-0.25, -0.2) is 14.6 Å². The van der Waals surface area contributed by atoms with E-state index >= 15 is 0 Å². The molecule has 0 aliphatic carbocycles. The molecule has 3 heterocycles. The zero-order valence-corrected chi connectivity index (χ0v) is 18.2. The van der Waals surface area contributed by atoms with Gasteiger partial charge in [0.2, 0.25) is 0 Å². The third-order valence-electron chi connectivity index (χ3n) is 5.02. The molecule has 0 atom stereocenters. The van der Waals surface area contributed by atoms with Crippen LogP contribution in [0, 0.1) is 13.8 Å². The van der Waals surface area contributed by atoms with Crippen molar-refractivity contribution in [1.29, 1.82) is 0 Å². The van der Waals surface area contributed by atoms with Crippen molar-refractivity contribution in [3.63, 3.8) is 0 Å². The van der Waals surface area contributed by atoms with Crippen LogP contribution in [-0.4, -0.2) is 30.6 Å². The molecule has 0 aliphatic heterocycles. The molecule has 0 aliphatic rings. The Labute approximate surface area is 186 Å². The Hall–Kier alpha value is -4.07. The summed E-state index contributed by atoms with van der Waals surface area (Å²) in [6.07, 6.45) is 5.92. The van der Waals surface area contributed by atoms with Crippen molar-refractivity contribution >= 4 is 5.91 Å². The van der Waals surface area contributed by atoms with Gasteiger partial charge >= 0.3 is 0 Å². The number of pyridine rings is 2. The number of ether oxygens (including phenoxy) is 1. The fraction of sp³-hybridized carbons (Fsp3) is 0.208. The molecule has 0 bridgehead atoms. The van der Waals surface area contributed by atoms with Crippen molar-refractivity contribution in [1.82, 2.24) is 30.0 Å². The predicted molar refractivity (Wildman–Crippen MR) is 120 cm³/mol. The molecule has 1 N–H and O–H groups in total. The van der Waals surface area contributed by atoms with Gasteiger partial charge in [0.1, 0.15) is 23.7 Å². The Bertz CT molecular complexity index is 1230. The van der Waals surface area contributed by atoms with Gasteiger partial charge < -0.3 is 10.1 Å². The molecule has 4 aromatic rings. The second kappa shape index (κ2) is 9.38. The molecule has 0 fully saturated rings. The molecule has 0 unspecified atom stereocenters. The van der Waals surface area contributed by atoms with Gasteiger partial charge in [0.05, 0.1) is 0 Å². The van der Waals surface area contributed by atoms with Gasteiger partial charge in [-0.05, 0) is 50.1 Å². The SMILES string of the molecule is CCc1ccc(CNC(=O)c2cccc(Oc3ccnc(-n4cnc(C)n4)c3)c2C)cn1. The molecule has 1 aromatic carbocycles. The van der Waals surface area contributed by atoms with E-state index in [1.807, 2.05) is 32.0 Å². The number of carbonyl (C=O) groups excluding carboxylic acids is 1. The molecule has 3 aromatic heterocycles. The van der Waals surface area contributed by atoms with Crippen LogP contribution in [0.15, 0.2) is 61.2 Å². The van der Waals surface area contributed by atoms with Crippen LogP contribution < -0.4 is 10.1 Å². The average Bonchev–Trinajstić information content (AvgIpc) is 3.26. The van der Waals surface area contributed by atoms with Gasteiger partial charge in [0, 0.05) is 41.8 Å². The molecule has 32 heavy (non-hydrogen) atoms. The zero-order valence-electron chi connectivity index (χ0n) is 18.2. The van der Waals surface area contributed by atoms with Crippen LogP contribution >= 0.6 is 0 Å². The summed E-state index contributed by atoms with van der Waals surface area (Å²) in [5, 5.41) is 7.22. The van der Waals surface area contributed by atoms with Gasteiger partial charge in [-0.1, -0.05) is 19.1 Å². The topological polar surface area (TPSA) is 94.8 Å². The smallest absolute Gasteiger partial charge is 0.251 e. The molecular weight excluding hydrogens is 404 g/mol. The lowest BCUT2D eigenvalue weighted by atomic mass is 10.1. The number of nitrogens with one attached hydrogen (secondary N) is 1. The lowest BCUT2D eigenvalue weighted by Crippen LogP contribution is -2.23. The standard InChI is InChI=1S/C24H24N6O2/c1-4-19-9-8-18(13-26-19)14-27-24(31)21-6-5-7-22(16(21)2)32-20-10-11-25-23(12-20)30-15-28-17(3)29-30/h5-13,15H,4,14H2,1-3H3,(H,27,31). The number of hydrogen-bond acceptors (Lipinski definition) is 6. The van der Waals surface area contributed by atoms with Crippen LogP contribution in [0.2, 0.25) is 0 Å². The summed E-state index contributed by atoms with van der Waals surface area (Å²) in [7, 11) is 0. The Morgan fingerprint density at radius 2 is 1.97 bits per heavy atom. The van der Waals surface area contributed by atoms with E-state index in [9.17, 15) is 4.79 Å². The maximum Gasteiger partial charge on any atom is 0.251 e. The minimum atomic E-state index is -0.166. The minimum absolute atomic E-state index is 0.166. The Morgan fingerprint density at radius 1 is 1.09 bits per heavy atom. The molecular formula is C24H24N6O2. The number of aryl methyl sites for hydroxylation is 2. The zero-order chi connectivity index (χ0) is 22.5. The van der Waals surface area contributed by atoms with Crippen LogP contribution in [0.3, 0.4) is 0 Å². The predicted octanol–water partition coefficient (Wildman–Crippen LogP) is 3.96. The van der Waals surface area contributed by atoms with Gasteiger partial charge in [0.15, 0.2) is 5.82 Å². The summed E-state index contributed by atoms with van der Waals surface area (Å²) < 4.78 is 7.65. The lowest BCUT2D eigenvalue weighted by molar-refractivity contribution is 0.0950. The first-order valence-corrected chi connectivity index (χ1v) is 10.4. The van der Waals surface area contributed by atoms with Crippen molar-refractivity contribution in [3.05, 3.63) is 89.4 Å². The summed E-state index contributed by atoms with van der Waals surface area (Å²) in [6, 6.07) is 12.9. The highest BCUT2D eigenvalue weighted by Crippen LogP contribution is 2.28. The second-order valence-corrected chi connectivity index (χ2v) is 7.31. The van der Waals surface area contributed by atoms with Crippen molar-refractivity contribution in [3.8, 4) is 17.3 Å². The van der Waals surface area contributed by atoms with Crippen molar-refractivity contribution in [2.24, 2.45) is 0 Å². The fourth-order valence-corrected chi connectivity index (χ4v) is 3.19. The first-order valence-electron chi connectivity index (χ1n) is 10.4. The lowest BCUT2D eigenvalue weighted by Gasteiger charge is -2.13. The molecule has 0 saturated heterocycles. The van der Waals surface area contributed by atoms with E-state index in [-0.39, 0.29) is 5.91 Å². The summed E-state index contributed by atoms with van der Waals surface area (Å²) in [6.45, 7) is 6.15. The molecule has 8 heteroatoms. The van der Waals surface area contributed by atoms with E-state index in [0.717, 1.165) is 23.2 Å². The first kappa shape index (κ1) is 21.2. The highest BCUT2D eigenvalue weighted by atomic mass is 16.5. The number of nitrogens with zero attached hydrogens (tertiary/aromatic N) is 5. The molecule has 0 radical (unpaired) electrons. The first-order chi connectivity index (χ1) is 15.5. The number of carbonyl (C=O) groups is 1. The molecule has 162 valence electrons. The number of amides is 1. The van der Waals surface area contributed by atoms with E-state index < -0.39 is 0 Å². The van der Waals surface area contributed by atoms with Gasteiger partial charge in [0.25, 0.3) is 5.91 Å². The monoisotopic (exact) mass is 428 g/mol. The normalized spacial score (nSPS) is 10.7. The molecule has 0 spiro atoms. The number of rotatable bonds is 7. The van der Waals surface area contributed by atoms with Crippen molar-refractivity contribution in [2.45, 2.75) is 33.7 Å². The third kappa shape index (κ3) is 4.80. The van der Waals surface area contributed by atoms with E-state index in [0.29, 0.717) is 35.2 Å². The highest BCUT2D eigenvalue weighted by molar-refractivity contribution is 5.96. The second-order valence-electron chi connectivity index (χ2n) is 7.31. The van der Waals surface area contributed by atoms with E-state index in [1.165, 1.54) is 0 Å². The van der Waals surface area contributed by atoms with Gasteiger partial charge in [-0.2, -0.15) is 5.10 Å². The Balaban J connectivity index is 1.48. The maximum absolute atomic E-state index is 12.8. The molecule has 4 rings (SSSR count). The van der Waals surface area contributed by atoms with Crippen LogP contribution in [-0.2, 0) is 13.0 Å². The van der Waals surface area contributed by atoms with Gasteiger partial charge in [-0.3, -0.25) is 9.78 Å². The summed E-state index contributed by atoms with van der Waals surface area (Å²) in [5.74, 6) is 2.27. The summed E-state index contributed by atoms with van der Waals surface area (Å²) in [5.41, 5.74) is 3.29. The Morgan fingerprint density at radius 3 is 2.69 bits per heavy atom. The molecule has 0 saturated carbocycles. The van der Waals surface area contributed by atoms with E-state index in [4.69, 9.17) is 4.74 Å². The van der Waals surface area contributed by atoms with Crippen LogP contribution in [0.1, 0.15) is 39.9 Å². The third-order valence-corrected chi connectivity index (χ3v) is 5.02. The fourth-order valence-electron chi connectivity index (χ4n) is 3.19. The summed E-state index contributed by atoms with van der Waals surface area (Å²) >= 11 is 0. The highest BCUT2D eigenvalue weighted by Gasteiger charge is 2.14. The van der Waals surface area contributed by atoms with Gasteiger partial charge in [-0.15, -0.1) is 0 Å². The largest absolute Gasteiger partial charge is 0.457 e. The number of hydrogen-bond donors (Lipinski definition) is 1. The summed E-state index contributed by atoms with van der Waals surface area (Å²) in [4.78, 5) is 25.6. The van der Waals surface area contributed by atoms with E-state index in [1.54, 1.807) is 47.7 Å². The van der Waals surface area contributed by atoms with Crippen LogP contribution in [0.25, 0.3) is 5.82 Å². The van der Waals surface area contributed by atoms with Crippen LogP contribution in [0.4, 0.5) is 0 Å². The minimum Gasteiger partial charge on any atom is -0.457 e. The number of aromatic nitrogens is 5. The average molecular weight is 428 g/mol. The molecule has 8 nitrogen and oxygen atoms in total. The Kier molecular flexibility index (Phi) is 6.21. The molecule has 1 amide bonds. The van der Waals surface area contributed by atoms with E-state index in [2.05, 4.69) is 32.3 Å². The number of benzene rings is 1. The maximum atomic E-state index is 12.8.